The third-order valence-electron chi connectivity index (χ3n) is 6.24. The summed E-state index contributed by atoms with van der Waals surface area (Å²) in [6.45, 7) is 9.57. The van der Waals surface area contributed by atoms with Crippen molar-refractivity contribution in [1.82, 2.24) is 4.98 Å². The van der Waals surface area contributed by atoms with Crippen molar-refractivity contribution in [3.63, 3.8) is 0 Å². The monoisotopic (exact) mass is 564 g/mol. The van der Waals surface area contributed by atoms with Crippen LogP contribution in [-0.2, 0) is 12.6 Å². The number of nitrogens with one attached hydrogen (secondary N) is 1. The zero-order valence-electron chi connectivity index (χ0n) is 24.4. The molecule has 0 aliphatic rings. The van der Waals surface area contributed by atoms with Crippen molar-refractivity contribution in [2.24, 2.45) is 0 Å². The van der Waals surface area contributed by atoms with E-state index in [-0.39, 0.29) is 11.5 Å². The molecule has 4 nitrogen and oxygen atoms in total. The number of Topliss-reactive ketones (excluding diaryl/α,β-unsaturated/α-hetero) is 1. The summed E-state index contributed by atoms with van der Waals surface area (Å²) in [6.07, 6.45) is 7.98. The van der Waals surface area contributed by atoms with E-state index >= 15 is 0 Å². The molecule has 3 rings (SSSR count). The number of halogens is 3. The van der Waals surface area contributed by atoms with E-state index in [2.05, 4.69) is 23.3 Å². The smallest absolute Gasteiger partial charge is 0.321 e. The summed E-state index contributed by atoms with van der Waals surface area (Å²) < 4.78 is 39.8. The van der Waals surface area contributed by atoms with Gasteiger partial charge in [-0.2, -0.15) is 13.2 Å². The van der Waals surface area contributed by atoms with Gasteiger partial charge < -0.3 is 5.32 Å². The van der Waals surface area contributed by atoms with Crippen LogP contribution < -0.4 is 15.9 Å². The lowest BCUT2D eigenvalue weighted by Crippen LogP contribution is -2.30. The molecule has 2 aromatic carbocycles. The second-order valence-electron chi connectivity index (χ2n) is 9.64. The molecule has 1 heterocycles. The SMILES string of the molecule is CCCCc1ccc(NC(=O)c2ccccc2)c(C(F)(F)F)c1.C\C=C/C=c1/cc(C(C)=O)c(C)n/c1=C\CCC. The molecule has 1 N–H and O–H groups in total. The Labute approximate surface area is 240 Å². The first-order valence-electron chi connectivity index (χ1n) is 13.9. The number of unbranched alkanes of at least 4 members (excludes halogenated alkanes) is 2. The maximum absolute atomic E-state index is 13.3. The fourth-order valence-electron chi connectivity index (χ4n) is 4.03. The van der Waals surface area contributed by atoms with Crippen LogP contribution >= 0.6 is 0 Å². The molecular formula is C34H39F3N2O2. The van der Waals surface area contributed by atoms with Gasteiger partial charge in [0.25, 0.3) is 5.91 Å². The highest BCUT2D eigenvalue weighted by Gasteiger charge is 2.34. The third-order valence-corrected chi connectivity index (χ3v) is 6.24. The maximum atomic E-state index is 13.3. The van der Waals surface area contributed by atoms with Crippen LogP contribution in [0.1, 0.15) is 90.9 Å². The van der Waals surface area contributed by atoms with E-state index in [0.717, 1.165) is 48.0 Å². The molecule has 1 amide bonds. The van der Waals surface area contributed by atoms with Crippen LogP contribution in [0.5, 0.6) is 0 Å². The minimum atomic E-state index is -4.51. The minimum Gasteiger partial charge on any atom is -0.321 e. The normalized spacial score (nSPS) is 12.3. The average molecular weight is 565 g/mol. The summed E-state index contributed by atoms with van der Waals surface area (Å²) in [5.74, 6) is -0.491. The van der Waals surface area contributed by atoms with Gasteiger partial charge in [-0.25, -0.2) is 0 Å². The van der Waals surface area contributed by atoms with Gasteiger partial charge in [-0.1, -0.05) is 75.3 Å². The van der Waals surface area contributed by atoms with Gasteiger partial charge in [-0.15, -0.1) is 0 Å². The van der Waals surface area contributed by atoms with Crippen molar-refractivity contribution in [2.45, 2.75) is 72.9 Å². The number of hydrogen-bond donors (Lipinski definition) is 1. The van der Waals surface area contributed by atoms with E-state index in [4.69, 9.17) is 0 Å². The number of anilines is 1. The number of ketones is 1. The predicted molar refractivity (Wildman–Crippen MR) is 161 cm³/mol. The first-order chi connectivity index (χ1) is 19.5. The first-order valence-corrected chi connectivity index (χ1v) is 13.9. The summed E-state index contributed by atoms with van der Waals surface area (Å²) in [5.41, 5.74) is 1.43. The van der Waals surface area contributed by atoms with Gasteiger partial charge in [0.1, 0.15) is 0 Å². The number of allylic oxidation sites excluding steroid dienone is 2. The zero-order chi connectivity index (χ0) is 30.4. The number of carbonyl (C=O) groups is 2. The zero-order valence-corrected chi connectivity index (χ0v) is 24.4. The quantitative estimate of drug-likeness (QED) is 0.270. The van der Waals surface area contributed by atoms with Crippen LogP contribution in [0.4, 0.5) is 18.9 Å². The Morgan fingerprint density at radius 3 is 2.29 bits per heavy atom. The van der Waals surface area contributed by atoms with E-state index in [1.165, 1.54) is 6.07 Å². The van der Waals surface area contributed by atoms with Crippen molar-refractivity contribution >= 4 is 29.5 Å². The number of nitrogens with zero attached hydrogens (tertiary/aromatic N) is 1. The summed E-state index contributed by atoms with van der Waals surface area (Å²) in [4.78, 5) is 28.2. The molecule has 0 bridgehead atoms. The summed E-state index contributed by atoms with van der Waals surface area (Å²) in [5, 5.41) is 4.34. The molecule has 0 saturated heterocycles. The number of rotatable bonds is 9. The lowest BCUT2D eigenvalue weighted by atomic mass is 10.0. The molecule has 41 heavy (non-hydrogen) atoms. The second-order valence-corrected chi connectivity index (χ2v) is 9.64. The number of carbonyl (C=O) groups excluding carboxylic acids is 2. The molecule has 0 saturated carbocycles. The van der Waals surface area contributed by atoms with Crippen molar-refractivity contribution in [2.75, 3.05) is 5.32 Å². The van der Waals surface area contributed by atoms with Crippen LogP contribution in [0.25, 0.3) is 12.2 Å². The van der Waals surface area contributed by atoms with Crippen LogP contribution in [0.15, 0.2) is 66.7 Å². The molecule has 218 valence electrons. The summed E-state index contributed by atoms with van der Waals surface area (Å²) in [7, 11) is 0. The van der Waals surface area contributed by atoms with E-state index in [9.17, 15) is 22.8 Å². The Hall–Kier alpha value is -4.00. The lowest BCUT2D eigenvalue weighted by molar-refractivity contribution is -0.137. The lowest BCUT2D eigenvalue weighted by Gasteiger charge is -2.15. The Balaban J connectivity index is 0.000000296. The minimum absolute atomic E-state index is 0.0668. The first kappa shape index (κ1) is 33.2. The molecule has 0 aliphatic heterocycles. The van der Waals surface area contributed by atoms with Crippen LogP contribution in [0, 0.1) is 6.92 Å². The molecular weight excluding hydrogens is 525 g/mol. The Kier molecular flexibility index (Phi) is 13.2. The average Bonchev–Trinajstić information content (AvgIpc) is 2.95. The standard InChI is InChI=1S/C18H18F3NO.C16H21NO/c1-2-3-7-13-10-11-16(15(12-13)18(19,20)21)22-17(23)14-8-5-4-6-9-14;1-5-7-9-14-11-15(13(4)18)12(3)17-16(14)10-8-6-2/h4-6,8-12H,2-3,7H2,1H3,(H,22,23);5,7,9-11H,6,8H2,1-4H3/b;7-5-,14-9-,16-10-. The molecule has 1 aromatic heterocycles. The predicted octanol–water partition coefficient (Wildman–Crippen LogP) is 7.83. The molecule has 0 radical (unpaired) electrons. The van der Waals surface area contributed by atoms with E-state index < -0.39 is 17.6 Å². The van der Waals surface area contributed by atoms with E-state index in [0.29, 0.717) is 23.1 Å². The van der Waals surface area contributed by atoms with E-state index in [1.807, 2.05) is 45.1 Å². The summed E-state index contributed by atoms with van der Waals surface area (Å²) in [6, 6.07) is 14.2. The number of alkyl halides is 3. The molecule has 3 aromatic rings. The van der Waals surface area contributed by atoms with Crippen molar-refractivity contribution in [3.8, 4) is 0 Å². The van der Waals surface area contributed by atoms with Crippen molar-refractivity contribution in [3.05, 3.63) is 105 Å². The number of aromatic nitrogens is 1. The number of pyridine rings is 1. The van der Waals surface area contributed by atoms with Crippen molar-refractivity contribution in [1.29, 1.82) is 0 Å². The topological polar surface area (TPSA) is 59.1 Å². The van der Waals surface area contributed by atoms with Crippen molar-refractivity contribution < 1.29 is 22.8 Å². The highest BCUT2D eigenvalue weighted by atomic mass is 19.4. The highest BCUT2D eigenvalue weighted by molar-refractivity contribution is 6.04. The number of benzene rings is 2. The molecule has 0 fully saturated rings. The van der Waals surface area contributed by atoms with Gasteiger partial charge in [0.15, 0.2) is 5.78 Å². The molecule has 7 heteroatoms. The Bertz CT molecular complexity index is 1460. The van der Waals surface area contributed by atoms with Gasteiger partial charge in [0.05, 0.1) is 16.6 Å². The maximum Gasteiger partial charge on any atom is 0.418 e. The number of aryl methyl sites for hydroxylation is 2. The van der Waals surface area contributed by atoms with Gasteiger partial charge in [-0.05, 0) is 75.9 Å². The molecule has 0 spiro atoms. The highest BCUT2D eigenvalue weighted by Crippen LogP contribution is 2.36. The Morgan fingerprint density at radius 2 is 1.71 bits per heavy atom. The molecule has 0 unspecified atom stereocenters. The van der Waals surface area contributed by atoms with Gasteiger partial charge >= 0.3 is 6.18 Å². The van der Waals surface area contributed by atoms with Gasteiger partial charge in [0.2, 0.25) is 0 Å². The fourth-order valence-corrected chi connectivity index (χ4v) is 4.03. The molecule has 0 aliphatic carbocycles. The Morgan fingerprint density at radius 1 is 1.00 bits per heavy atom. The number of hydrogen-bond acceptors (Lipinski definition) is 3. The summed E-state index contributed by atoms with van der Waals surface area (Å²) >= 11 is 0. The number of amides is 1. The fraction of sp³-hybridized carbons (Fsp3) is 0.324. The van der Waals surface area contributed by atoms with Gasteiger partial charge in [-0.3, -0.25) is 14.6 Å². The third kappa shape index (κ3) is 10.5. The van der Waals surface area contributed by atoms with Crippen LogP contribution in [0.2, 0.25) is 0 Å². The largest absolute Gasteiger partial charge is 0.418 e. The second kappa shape index (κ2) is 16.3. The molecule has 0 atom stereocenters. The van der Waals surface area contributed by atoms with Crippen LogP contribution in [-0.4, -0.2) is 16.7 Å². The van der Waals surface area contributed by atoms with E-state index in [1.54, 1.807) is 43.3 Å². The van der Waals surface area contributed by atoms with Gasteiger partial charge in [0, 0.05) is 22.0 Å². The van der Waals surface area contributed by atoms with Crippen LogP contribution in [0.3, 0.4) is 0 Å².